The van der Waals surface area contributed by atoms with Gasteiger partial charge in [0.2, 0.25) is 0 Å². The van der Waals surface area contributed by atoms with Gasteiger partial charge in [0, 0.05) is 6.42 Å². The smallest absolute Gasteiger partial charge is 0.309 e. The molecule has 0 N–H and O–H groups in total. The summed E-state index contributed by atoms with van der Waals surface area (Å²) >= 11 is 0. The molecular weight excluding hydrogens is 484 g/mol. The lowest BCUT2D eigenvalue weighted by molar-refractivity contribution is -0.152. The SMILES string of the molecule is CCCCC(CC)COC(=O)CCCCCCCCCCCC(CC)C(CC)C(=O)OCC(CC)CCCC. The monoisotopic (exact) mass is 553 g/mol. The van der Waals surface area contributed by atoms with E-state index in [4.69, 9.17) is 9.47 Å². The third-order valence-electron chi connectivity index (χ3n) is 8.82. The van der Waals surface area contributed by atoms with E-state index < -0.39 is 0 Å². The van der Waals surface area contributed by atoms with Crippen LogP contribution in [0.4, 0.5) is 0 Å². The molecule has 0 radical (unpaired) electrons. The molecule has 0 aromatic carbocycles. The van der Waals surface area contributed by atoms with E-state index in [2.05, 4.69) is 41.5 Å². The molecule has 0 heterocycles. The van der Waals surface area contributed by atoms with Crippen LogP contribution in [0.15, 0.2) is 0 Å². The molecule has 0 rings (SSSR count). The fourth-order valence-electron chi connectivity index (χ4n) is 5.68. The van der Waals surface area contributed by atoms with Crippen LogP contribution in [-0.2, 0) is 19.1 Å². The molecule has 0 saturated heterocycles. The Bertz CT molecular complexity index is 561. The number of carbonyl (C=O) groups excluding carboxylic acids is 2. The van der Waals surface area contributed by atoms with E-state index in [0.717, 1.165) is 44.9 Å². The fourth-order valence-corrected chi connectivity index (χ4v) is 5.68. The highest BCUT2D eigenvalue weighted by Gasteiger charge is 2.27. The zero-order valence-corrected chi connectivity index (χ0v) is 27.2. The summed E-state index contributed by atoms with van der Waals surface area (Å²) in [5, 5.41) is 0. The van der Waals surface area contributed by atoms with Gasteiger partial charge < -0.3 is 9.47 Å². The molecule has 0 saturated carbocycles. The Kier molecular flexibility index (Phi) is 26.4. The van der Waals surface area contributed by atoms with Crippen molar-refractivity contribution in [2.45, 2.75) is 176 Å². The Morgan fingerprint density at radius 3 is 1.46 bits per heavy atom. The molecule has 4 atom stereocenters. The lowest BCUT2D eigenvalue weighted by atomic mass is 9.84. The van der Waals surface area contributed by atoms with Crippen LogP contribution in [-0.4, -0.2) is 25.2 Å². The minimum absolute atomic E-state index is 0.00830. The first kappa shape index (κ1) is 37.9. The van der Waals surface area contributed by atoms with Gasteiger partial charge in [-0.1, -0.05) is 138 Å². The van der Waals surface area contributed by atoms with Gasteiger partial charge in [0.1, 0.15) is 0 Å². The fraction of sp³-hybridized carbons (Fsp3) is 0.943. The summed E-state index contributed by atoms with van der Waals surface area (Å²) < 4.78 is 11.3. The molecular formula is C35H68O4. The van der Waals surface area contributed by atoms with Crippen molar-refractivity contribution in [1.29, 1.82) is 0 Å². The summed E-state index contributed by atoms with van der Waals surface area (Å²) in [7, 11) is 0. The van der Waals surface area contributed by atoms with Gasteiger partial charge in [-0.2, -0.15) is 0 Å². The number of esters is 2. The molecule has 0 aliphatic rings. The molecule has 0 aromatic rings. The van der Waals surface area contributed by atoms with Crippen molar-refractivity contribution in [2.24, 2.45) is 23.7 Å². The minimum Gasteiger partial charge on any atom is -0.465 e. The van der Waals surface area contributed by atoms with E-state index in [-0.39, 0.29) is 17.9 Å². The predicted molar refractivity (Wildman–Crippen MR) is 167 cm³/mol. The van der Waals surface area contributed by atoms with Gasteiger partial charge in [-0.25, -0.2) is 0 Å². The van der Waals surface area contributed by atoms with Crippen LogP contribution in [0.1, 0.15) is 176 Å². The molecule has 0 aliphatic carbocycles. The predicted octanol–water partition coefficient (Wildman–Crippen LogP) is 10.8. The number of rotatable bonds is 28. The quantitative estimate of drug-likeness (QED) is 0.0715. The van der Waals surface area contributed by atoms with E-state index in [1.54, 1.807) is 0 Å². The van der Waals surface area contributed by atoms with Crippen LogP contribution in [0.5, 0.6) is 0 Å². The number of hydrogen-bond acceptors (Lipinski definition) is 4. The van der Waals surface area contributed by atoms with Gasteiger partial charge in [0.25, 0.3) is 0 Å². The van der Waals surface area contributed by atoms with Crippen LogP contribution in [0.2, 0.25) is 0 Å². The van der Waals surface area contributed by atoms with Gasteiger partial charge in [0.05, 0.1) is 19.1 Å². The van der Waals surface area contributed by atoms with Crippen LogP contribution in [0.3, 0.4) is 0 Å². The number of hydrogen-bond donors (Lipinski definition) is 0. The van der Waals surface area contributed by atoms with Gasteiger partial charge in [0.15, 0.2) is 0 Å². The maximum absolute atomic E-state index is 12.8. The van der Waals surface area contributed by atoms with E-state index in [1.165, 1.54) is 83.5 Å². The number of ether oxygens (including phenoxy) is 2. The van der Waals surface area contributed by atoms with Crippen LogP contribution < -0.4 is 0 Å². The standard InChI is InChI=1S/C35H68O4/c1-7-13-24-30(9-3)28-38-34(36)27-23-21-19-17-15-16-18-20-22-26-32(11-5)33(12-6)35(37)39-29-31(10-4)25-14-8-2/h30-33H,7-29H2,1-6H3. The Balaban J connectivity index is 3.90. The average Bonchev–Trinajstić information content (AvgIpc) is 2.95. The summed E-state index contributed by atoms with van der Waals surface area (Å²) in [5.74, 6) is 1.60. The van der Waals surface area contributed by atoms with Crippen LogP contribution in [0, 0.1) is 23.7 Å². The van der Waals surface area contributed by atoms with Crippen molar-refractivity contribution in [2.75, 3.05) is 13.2 Å². The summed E-state index contributed by atoms with van der Waals surface area (Å²) in [6.45, 7) is 14.4. The molecule has 0 spiro atoms. The highest BCUT2D eigenvalue weighted by Crippen LogP contribution is 2.27. The van der Waals surface area contributed by atoms with Crippen molar-refractivity contribution in [3.8, 4) is 0 Å². The van der Waals surface area contributed by atoms with Gasteiger partial charge >= 0.3 is 11.9 Å². The second kappa shape index (κ2) is 27.1. The van der Waals surface area contributed by atoms with Crippen molar-refractivity contribution in [3.05, 3.63) is 0 Å². The summed E-state index contributed by atoms with van der Waals surface area (Å²) in [4.78, 5) is 24.8. The van der Waals surface area contributed by atoms with E-state index >= 15 is 0 Å². The molecule has 4 nitrogen and oxygen atoms in total. The second-order valence-electron chi connectivity index (χ2n) is 12.0. The van der Waals surface area contributed by atoms with E-state index in [0.29, 0.717) is 37.4 Å². The van der Waals surface area contributed by atoms with Crippen molar-refractivity contribution < 1.29 is 19.1 Å². The summed E-state index contributed by atoms with van der Waals surface area (Å²) in [6, 6.07) is 0. The Morgan fingerprint density at radius 2 is 1.00 bits per heavy atom. The topological polar surface area (TPSA) is 52.6 Å². The molecule has 0 fully saturated rings. The second-order valence-corrected chi connectivity index (χ2v) is 12.0. The zero-order chi connectivity index (χ0) is 29.1. The number of carbonyl (C=O) groups is 2. The minimum atomic E-state index is -0.00830. The van der Waals surface area contributed by atoms with Gasteiger partial charge in [-0.3, -0.25) is 9.59 Å². The molecule has 0 bridgehead atoms. The van der Waals surface area contributed by atoms with Crippen molar-refractivity contribution in [1.82, 2.24) is 0 Å². The number of unbranched alkanes of at least 4 members (excludes halogenated alkanes) is 10. The molecule has 232 valence electrons. The molecule has 0 amide bonds. The largest absolute Gasteiger partial charge is 0.465 e. The van der Waals surface area contributed by atoms with Crippen LogP contribution in [0.25, 0.3) is 0 Å². The summed E-state index contributed by atoms with van der Waals surface area (Å²) in [6.07, 6.45) is 24.0. The lowest BCUT2D eigenvalue weighted by Gasteiger charge is -2.25. The maximum atomic E-state index is 12.8. The zero-order valence-electron chi connectivity index (χ0n) is 27.2. The summed E-state index contributed by atoms with van der Waals surface area (Å²) in [5.41, 5.74) is 0. The Morgan fingerprint density at radius 1 is 0.513 bits per heavy atom. The third-order valence-corrected chi connectivity index (χ3v) is 8.82. The third kappa shape index (κ3) is 20.5. The Hall–Kier alpha value is -1.06. The lowest BCUT2D eigenvalue weighted by Crippen LogP contribution is -2.27. The van der Waals surface area contributed by atoms with Crippen molar-refractivity contribution >= 4 is 11.9 Å². The van der Waals surface area contributed by atoms with Gasteiger partial charge in [-0.15, -0.1) is 0 Å². The van der Waals surface area contributed by atoms with Crippen molar-refractivity contribution in [3.63, 3.8) is 0 Å². The molecule has 0 aliphatic heterocycles. The first-order chi connectivity index (χ1) is 19.0. The average molecular weight is 553 g/mol. The Labute approximate surface area is 244 Å². The molecule has 0 aromatic heterocycles. The normalized spacial score (nSPS) is 14.5. The van der Waals surface area contributed by atoms with E-state index in [1.807, 2.05) is 0 Å². The molecule has 4 unspecified atom stereocenters. The maximum Gasteiger partial charge on any atom is 0.309 e. The highest BCUT2D eigenvalue weighted by atomic mass is 16.5. The van der Waals surface area contributed by atoms with Gasteiger partial charge in [-0.05, 0) is 49.9 Å². The molecule has 4 heteroatoms. The van der Waals surface area contributed by atoms with Crippen LogP contribution >= 0.6 is 0 Å². The highest BCUT2D eigenvalue weighted by molar-refractivity contribution is 5.72. The molecule has 39 heavy (non-hydrogen) atoms. The van der Waals surface area contributed by atoms with E-state index in [9.17, 15) is 9.59 Å². The first-order valence-corrected chi connectivity index (χ1v) is 17.3. The first-order valence-electron chi connectivity index (χ1n) is 17.3.